The number of piperidine rings is 1. The molecule has 0 radical (unpaired) electrons. The smallest absolute Gasteiger partial charge is 0.159 e. The van der Waals surface area contributed by atoms with Crippen LogP contribution in [0.2, 0.25) is 5.02 Å². The van der Waals surface area contributed by atoms with Crippen molar-refractivity contribution in [1.29, 1.82) is 0 Å². The van der Waals surface area contributed by atoms with Gasteiger partial charge in [-0.25, -0.2) is 9.97 Å². The second kappa shape index (κ2) is 6.83. The molecule has 6 nitrogen and oxygen atoms in total. The highest BCUT2D eigenvalue weighted by Gasteiger charge is 2.21. The number of nitrogens with zero attached hydrogens (tertiary/aromatic N) is 6. The number of hydrogen-bond donors (Lipinski definition) is 0. The van der Waals surface area contributed by atoms with Crippen molar-refractivity contribution in [2.24, 2.45) is 0 Å². The molecule has 0 bridgehead atoms. The SMILES string of the molecule is Clc1cnc2nc(C3CCN(CCn4nccn4)CC3)ccc2c1. The summed E-state index contributed by atoms with van der Waals surface area (Å²) in [7, 11) is 0. The van der Waals surface area contributed by atoms with E-state index in [1.54, 1.807) is 23.4 Å². The zero-order valence-corrected chi connectivity index (χ0v) is 14.1. The summed E-state index contributed by atoms with van der Waals surface area (Å²) < 4.78 is 0. The fourth-order valence-electron chi connectivity index (χ4n) is 3.27. The molecule has 3 aromatic heterocycles. The van der Waals surface area contributed by atoms with E-state index >= 15 is 0 Å². The van der Waals surface area contributed by atoms with Crippen LogP contribution in [0.15, 0.2) is 36.8 Å². The maximum Gasteiger partial charge on any atom is 0.159 e. The van der Waals surface area contributed by atoms with Gasteiger partial charge in [-0.15, -0.1) is 0 Å². The molecule has 0 spiro atoms. The number of hydrogen-bond acceptors (Lipinski definition) is 5. The number of likely N-dealkylation sites (tertiary alicyclic amines) is 1. The van der Waals surface area contributed by atoms with Crippen molar-refractivity contribution in [3.8, 4) is 0 Å². The molecule has 0 aliphatic carbocycles. The summed E-state index contributed by atoms with van der Waals surface area (Å²) in [5, 5.41) is 9.95. The first-order chi connectivity index (χ1) is 11.8. The van der Waals surface area contributed by atoms with E-state index in [0.29, 0.717) is 10.9 Å². The second-order valence-electron chi connectivity index (χ2n) is 6.18. The lowest BCUT2D eigenvalue weighted by Gasteiger charge is -2.31. The molecule has 1 aliphatic heterocycles. The summed E-state index contributed by atoms with van der Waals surface area (Å²) in [6.45, 7) is 4.00. The highest BCUT2D eigenvalue weighted by Crippen LogP contribution is 2.28. The summed E-state index contributed by atoms with van der Waals surface area (Å²) in [6.07, 6.45) is 7.35. The Balaban J connectivity index is 1.37. The van der Waals surface area contributed by atoms with Crippen molar-refractivity contribution in [3.05, 3.63) is 47.5 Å². The minimum Gasteiger partial charge on any atom is -0.301 e. The standard InChI is InChI=1S/C17H19ClN6/c18-15-11-14-1-2-16(22-17(14)19-12-15)13-3-7-23(8-4-13)9-10-24-20-5-6-21-24/h1-2,5-6,11-13H,3-4,7-10H2. The second-order valence-corrected chi connectivity index (χ2v) is 6.61. The summed E-state index contributed by atoms with van der Waals surface area (Å²) >= 11 is 5.98. The summed E-state index contributed by atoms with van der Waals surface area (Å²) in [5.41, 5.74) is 1.93. The van der Waals surface area contributed by atoms with Crippen LogP contribution >= 0.6 is 11.6 Å². The van der Waals surface area contributed by atoms with E-state index in [1.807, 2.05) is 6.07 Å². The molecule has 7 heteroatoms. The van der Waals surface area contributed by atoms with Crippen LogP contribution in [-0.4, -0.2) is 49.5 Å². The number of pyridine rings is 2. The molecule has 1 fully saturated rings. The normalized spacial score (nSPS) is 16.7. The lowest BCUT2D eigenvalue weighted by molar-refractivity contribution is 0.198. The zero-order valence-electron chi connectivity index (χ0n) is 13.3. The van der Waals surface area contributed by atoms with Gasteiger partial charge in [0, 0.05) is 29.7 Å². The Kier molecular flexibility index (Phi) is 4.40. The lowest BCUT2D eigenvalue weighted by Crippen LogP contribution is -2.35. The number of aromatic nitrogens is 5. The summed E-state index contributed by atoms with van der Waals surface area (Å²) in [4.78, 5) is 13.3. The molecule has 0 aromatic carbocycles. The average Bonchev–Trinajstić information content (AvgIpc) is 3.13. The minimum absolute atomic E-state index is 0.506. The molecule has 24 heavy (non-hydrogen) atoms. The van der Waals surface area contributed by atoms with Crippen LogP contribution in [0.5, 0.6) is 0 Å². The molecule has 0 saturated carbocycles. The van der Waals surface area contributed by atoms with Crippen molar-refractivity contribution in [2.45, 2.75) is 25.3 Å². The Labute approximate surface area is 145 Å². The van der Waals surface area contributed by atoms with E-state index < -0.39 is 0 Å². The molecule has 0 N–H and O–H groups in total. The van der Waals surface area contributed by atoms with Gasteiger partial charge in [0.05, 0.1) is 24.0 Å². The van der Waals surface area contributed by atoms with Gasteiger partial charge in [0.25, 0.3) is 0 Å². The number of fused-ring (bicyclic) bond motifs is 1. The highest BCUT2D eigenvalue weighted by atomic mass is 35.5. The van der Waals surface area contributed by atoms with Gasteiger partial charge in [0.15, 0.2) is 5.65 Å². The first kappa shape index (κ1) is 15.5. The molecule has 4 heterocycles. The molecular weight excluding hydrogens is 324 g/mol. The highest BCUT2D eigenvalue weighted by molar-refractivity contribution is 6.31. The molecule has 0 unspecified atom stereocenters. The van der Waals surface area contributed by atoms with E-state index in [0.717, 1.165) is 55.7 Å². The van der Waals surface area contributed by atoms with Crippen molar-refractivity contribution in [3.63, 3.8) is 0 Å². The quantitative estimate of drug-likeness (QED) is 0.729. The third-order valence-corrected chi connectivity index (χ3v) is 4.83. The van der Waals surface area contributed by atoms with Gasteiger partial charge in [-0.05, 0) is 44.1 Å². The van der Waals surface area contributed by atoms with Crippen LogP contribution in [0.1, 0.15) is 24.5 Å². The number of rotatable bonds is 4. The predicted octanol–water partition coefficient (Wildman–Crippen LogP) is 2.75. The Morgan fingerprint density at radius 2 is 1.88 bits per heavy atom. The Bertz CT molecular complexity index is 811. The first-order valence-corrected chi connectivity index (χ1v) is 8.64. The van der Waals surface area contributed by atoms with Gasteiger partial charge in [0.2, 0.25) is 0 Å². The third kappa shape index (κ3) is 3.39. The lowest BCUT2D eigenvalue weighted by atomic mass is 9.93. The van der Waals surface area contributed by atoms with Crippen molar-refractivity contribution >= 4 is 22.6 Å². The van der Waals surface area contributed by atoms with E-state index in [2.05, 4.69) is 32.2 Å². The van der Waals surface area contributed by atoms with E-state index in [9.17, 15) is 0 Å². The first-order valence-electron chi connectivity index (χ1n) is 8.26. The van der Waals surface area contributed by atoms with Crippen LogP contribution in [0.3, 0.4) is 0 Å². The van der Waals surface area contributed by atoms with Crippen molar-refractivity contribution < 1.29 is 0 Å². The molecule has 4 rings (SSSR count). The minimum atomic E-state index is 0.506. The largest absolute Gasteiger partial charge is 0.301 e. The third-order valence-electron chi connectivity index (χ3n) is 4.62. The van der Waals surface area contributed by atoms with Crippen molar-refractivity contribution in [2.75, 3.05) is 19.6 Å². The fraction of sp³-hybridized carbons (Fsp3) is 0.412. The van der Waals surface area contributed by atoms with Gasteiger partial charge in [-0.3, -0.25) is 0 Å². The molecule has 1 saturated heterocycles. The fourth-order valence-corrected chi connectivity index (χ4v) is 3.43. The molecular formula is C17H19ClN6. The predicted molar refractivity (Wildman–Crippen MR) is 93.0 cm³/mol. The van der Waals surface area contributed by atoms with E-state index in [4.69, 9.17) is 16.6 Å². The maximum atomic E-state index is 5.98. The van der Waals surface area contributed by atoms with Crippen LogP contribution in [-0.2, 0) is 6.54 Å². The molecule has 124 valence electrons. The van der Waals surface area contributed by atoms with Crippen LogP contribution < -0.4 is 0 Å². The Hall–Kier alpha value is -2.05. The summed E-state index contributed by atoms with van der Waals surface area (Å²) in [5.74, 6) is 0.506. The van der Waals surface area contributed by atoms with Crippen LogP contribution in [0, 0.1) is 0 Å². The number of halogens is 1. The van der Waals surface area contributed by atoms with Gasteiger partial charge < -0.3 is 4.90 Å². The monoisotopic (exact) mass is 342 g/mol. The van der Waals surface area contributed by atoms with Crippen LogP contribution in [0.4, 0.5) is 0 Å². The van der Waals surface area contributed by atoms with Crippen LogP contribution in [0.25, 0.3) is 11.0 Å². The summed E-state index contributed by atoms with van der Waals surface area (Å²) in [6, 6.07) is 6.10. The van der Waals surface area contributed by atoms with E-state index in [-0.39, 0.29) is 0 Å². The maximum absolute atomic E-state index is 5.98. The molecule has 0 atom stereocenters. The van der Waals surface area contributed by atoms with E-state index in [1.165, 1.54) is 0 Å². The zero-order chi connectivity index (χ0) is 16.4. The van der Waals surface area contributed by atoms with Gasteiger partial charge in [-0.1, -0.05) is 11.6 Å². The topological polar surface area (TPSA) is 59.7 Å². The van der Waals surface area contributed by atoms with Crippen molar-refractivity contribution in [1.82, 2.24) is 29.9 Å². The molecule has 1 aliphatic rings. The average molecular weight is 343 g/mol. The van der Waals surface area contributed by atoms with Gasteiger partial charge in [0.1, 0.15) is 0 Å². The molecule has 3 aromatic rings. The van der Waals surface area contributed by atoms with Gasteiger partial charge in [-0.2, -0.15) is 15.0 Å². The van der Waals surface area contributed by atoms with Gasteiger partial charge >= 0.3 is 0 Å². The molecule has 0 amide bonds. The Morgan fingerprint density at radius 3 is 2.67 bits per heavy atom. The Morgan fingerprint density at radius 1 is 1.08 bits per heavy atom.